The van der Waals surface area contributed by atoms with E-state index in [1.165, 1.54) is 11.1 Å². The van der Waals surface area contributed by atoms with Gasteiger partial charge in [-0.3, -0.25) is 4.90 Å². The number of benzene rings is 2. The van der Waals surface area contributed by atoms with Crippen molar-refractivity contribution in [1.29, 1.82) is 0 Å². The number of ether oxygens (including phenoxy) is 2. The van der Waals surface area contributed by atoms with Gasteiger partial charge in [0.15, 0.2) is 0 Å². The second-order valence-corrected chi connectivity index (χ2v) is 5.92. The summed E-state index contributed by atoms with van der Waals surface area (Å²) < 4.78 is 11.3. The molecule has 0 atom stereocenters. The van der Waals surface area contributed by atoms with Gasteiger partial charge in [-0.25, -0.2) is 9.59 Å². The van der Waals surface area contributed by atoms with Crippen molar-refractivity contribution in [3.63, 3.8) is 0 Å². The minimum absolute atomic E-state index is 0.613. The lowest BCUT2D eigenvalue weighted by Crippen LogP contribution is -2.35. The highest BCUT2D eigenvalue weighted by Gasteiger charge is 2.10. The van der Waals surface area contributed by atoms with E-state index >= 15 is 0 Å². The van der Waals surface area contributed by atoms with Gasteiger partial charge >= 0.3 is 11.9 Å². The Hall–Kier alpha value is -2.90. The highest BCUT2D eigenvalue weighted by atomic mass is 16.5. The minimum atomic E-state index is -1.82. The summed E-state index contributed by atoms with van der Waals surface area (Å²) in [6, 6.07) is 18.6. The Kier molecular flexibility index (Phi) is 8.28. The predicted molar refractivity (Wildman–Crippen MR) is 98.6 cm³/mol. The summed E-state index contributed by atoms with van der Waals surface area (Å²) >= 11 is 0. The Labute approximate surface area is 157 Å². The van der Waals surface area contributed by atoms with Crippen LogP contribution in [0.4, 0.5) is 0 Å². The molecule has 0 amide bonds. The molecule has 0 unspecified atom stereocenters. The van der Waals surface area contributed by atoms with E-state index in [1.807, 2.05) is 24.3 Å². The summed E-state index contributed by atoms with van der Waals surface area (Å²) in [6.45, 7) is 5.27. The fourth-order valence-corrected chi connectivity index (χ4v) is 2.49. The zero-order valence-electron chi connectivity index (χ0n) is 14.9. The van der Waals surface area contributed by atoms with E-state index in [2.05, 4.69) is 35.2 Å². The minimum Gasteiger partial charge on any atom is -0.489 e. The molecular formula is C20H23NO6. The third-order valence-corrected chi connectivity index (χ3v) is 3.84. The fraction of sp³-hybridized carbons (Fsp3) is 0.300. The lowest BCUT2D eigenvalue weighted by Gasteiger charge is -2.26. The van der Waals surface area contributed by atoms with Crippen LogP contribution in [-0.2, 0) is 27.5 Å². The van der Waals surface area contributed by atoms with Crippen LogP contribution in [0.25, 0.3) is 0 Å². The monoisotopic (exact) mass is 373 g/mol. The third-order valence-electron chi connectivity index (χ3n) is 3.84. The standard InChI is InChI=1S/C18H21NO2.C2H2O4/c1-2-5-16(6-3-1)15-21-18-8-4-7-17(13-18)14-19-9-11-20-12-10-19;3-1(4)2(5)6/h1-8,13H,9-12,14-15H2;(H,3,4)(H,5,6). The predicted octanol–water partition coefficient (Wildman–Crippen LogP) is 2.25. The zero-order chi connectivity index (χ0) is 19.5. The highest BCUT2D eigenvalue weighted by Crippen LogP contribution is 2.17. The van der Waals surface area contributed by atoms with Crippen LogP contribution in [0.5, 0.6) is 5.75 Å². The van der Waals surface area contributed by atoms with Gasteiger partial charge in [-0.05, 0) is 23.3 Å². The quantitative estimate of drug-likeness (QED) is 0.776. The van der Waals surface area contributed by atoms with E-state index in [0.29, 0.717) is 6.61 Å². The van der Waals surface area contributed by atoms with E-state index in [9.17, 15) is 0 Å². The van der Waals surface area contributed by atoms with Gasteiger partial charge in [0, 0.05) is 19.6 Å². The summed E-state index contributed by atoms with van der Waals surface area (Å²) in [7, 11) is 0. The van der Waals surface area contributed by atoms with Crippen molar-refractivity contribution in [3.8, 4) is 5.75 Å². The van der Waals surface area contributed by atoms with Crippen LogP contribution in [0, 0.1) is 0 Å². The molecule has 2 N–H and O–H groups in total. The molecule has 1 saturated heterocycles. The second-order valence-electron chi connectivity index (χ2n) is 5.92. The van der Waals surface area contributed by atoms with Gasteiger partial charge in [0.1, 0.15) is 12.4 Å². The molecule has 2 aromatic rings. The number of hydrogen-bond acceptors (Lipinski definition) is 5. The normalized spacial score (nSPS) is 13.9. The molecule has 7 nitrogen and oxygen atoms in total. The first-order valence-corrected chi connectivity index (χ1v) is 8.56. The summed E-state index contributed by atoms with van der Waals surface area (Å²) in [5.41, 5.74) is 2.48. The maximum Gasteiger partial charge on any atom is 0.414 e. The molecule has 0 aromatic heterocycles. The molecule has 1 aliphatic heterocycles. The average molecular weight is 373 g/mol. The fourth-order valence-electron chi connectivity index (χ4n) is 2.49. The van der Waals surface area contributed by atoms with Crippen LogP contribution in [-0.4, -0.2) is 53.4 Å². The summed E-state index contributed by atoms with van der Waals surface area (Å²) in [5.74, 6) is -2.71. The number of rotatable bonds is 5. The Balaban J connectivity index is 0.000000380. The van der Waals surface area contributed by atoms with E-state index in [-0.39, 0.29) is 0 Å². The molecule has 1 fully saturated rings. The molecule has 1 heterocycles. The summed E-state index contributed by atoms with van der Waals surface area (Å²) in [4.78, 5) is 20.6. The molecule has 0 aliphatic carbocycles. The second kappa shape index (κ2) is 10.9. The Morgan fingerprint density at radius 1 is 0.926 bits per heavy atom. The maximum atomic E-state index is 9.10. The van der Waals surface area contributed by atoms with Crippen LogP contribution in [0.15, 0.2) is 54.6 Å². The molecule has 0 bridgehead atoms. The molecule has 3 rings (SSSR count). The van der Waals surface area contributed by atoms with E-state index in [1.54, 1.807) is 0 Å². The van der Waals surface area contributed by atoms with Crippen LogP contribution >= 0.6 is 0 Å². The van der Waals surface area contributed by atoms with Gasteiger partial charge in [-0.15, -0.1) is 0 Å². The Morgan fingerprint density at radius 2 is 1.56 bits per heavy atom. The number of nitrogens with zero attached hydrogens (tertiary/aromatic N) is 1. The molecule has 27 heavy (non-hydrogen) atoms. The Bertz CT molecular complexity index is 716. The topological polar surface area (TPSA) is 96.3 Å². The first kappa shape index (κ1) is 20.4. The SMILES string of the molecule is O=C(O)C(=O)O.c1ccc(COc2cccc(CN3CCOCC3)c2)cc1. The largest absolute Gasteiger partial charge is 0.489 e. The number of carbonyl (C=O) groups is 2. The van der Waals surface area contributed by atoms with Crippen LogP contribution < -0.4 is 4.74 Å². The van der Waals surface area contributed by atoms with Crippen molar-refractivity contribution in [2.45, 2.75) is 13.2 Å². The highest BCUT2D eigenvalue weighted by molar-refractivity contribution is 6.27. The number of carboxylic acids is 2. The van der Waals surface area contributed by atoms with E-state index in [4.69, 9.17) is 29.3 Å². The van der Waals surface area contributed by atoms with Crippen molar-refractivity contribution in [2.75, 3.05) is 26.3 Å². The molecule has 2 aromatic carbocycles. The Morgan fingerprint density at radius 3 is 2.19 bits per heavy atom. The van der Waals surface area contributed by atoms with Gasteiger partial charge in [0.2, 0.25) is 0 Å². The summed E-state index contributed by atoms with van der Waals surface area (Å²) in [6.07, 6.45) is 0. The molecule has 144 valence electrons. The smallest absolute Gasteiger partial charge is 0.414 e. The molecular weight excluding hydrogens is 350 g/mol. The molecule has 0 spiro atoms. The molecule has 7 heteroatoms. The summed E-state index contributed by atoms with van der Waals surface area (Å²) in [5, 5.41) is 14.8. The van der Waals surface area contributed by atoms with Gasteiger partial charge < -0.3 is 19.7 Å². The van der Waals surface area contributed by atoms with Crippen molar-refractivity contribution in [1.82, 2.24) is 4.90 Å². The number of aliphatic carboxylic acids is 2. The number of carboxylic acid groups (broad SMARTS) is 2. The number of hydrogen-bond donors (Lipinski definition) is 2. The molecule has 0 radical (unpaired) electrons. The number of morpholine rings is 1. The van der Waals surface area contributed by atoms with Crippen molar-refractivity contribution < 1.29 is 29.3 Å². The van der Waals surface area contributed by atoms with Gasteiger partial charge in [0.25, 0.3) is 0 Å². The first-order valence-electron chi connectivity index (χ1n) is 8.56. The van der Waals surface area contributed by atoms with Gasteiger partial charge in [0.05, 0.1) is 13.2 Å². The zero-order valence-corrected chi connectivity index (χ0v) is 14.9. The van der Waals surface area contributed by atoms with Crippen LogP contribution in [0.3, 0.4) is 0 Å². The maximum absolute atomic E-state index is 9.10. The average Bonchev–Trinajstić information content (AvgIpc) is 2.69. The van der Waals surface area contributed by atoms with E-state index < -0.39 is 11.9 Å². The molecule has 0 saturated carbocycles. The van der Waals surface area contributed by atoms with Crippen LogP contribution in [0.1, 0.15) is 11.1 Å². The first-order chi connectivity index (χ1) is 13.0. The van der Waals surface area contributed by atoms with Crippen molar-refractivity contribution in [3.05, 3.63) is 65.7 Å². The third kappa shape index (κ3) is 7.89. The molecule has 1 aliphatic rings. The van der Waals surface area contributed by atoms with Crippen molar-refractivity contribution in [2.24, 2.45) is 0 Å². The lowest BCUT2D eigenvalue weighted by atomic mass is 10.2. The van der Waals surface area contributed by atoms with Gasteiger partial charge in [-0.2, -0.15) is 0 Å². The van der Waals surface area contributed by atoms with Gasteiger partial charge in [-0.1, -0.05) is 42.5 Å². The van der Waals surface area contributed by atoms with Crippen LogP contribution in [0.2, 0.25) is 0 Å². The van der Waals surface area contributed by atoms with E-state index in [0.717, 1.165) is 38.6 Å². The van der Waals surface area contributed by atoms with Crippen molar-refractivity contribution >= 4 is 11.9 Å². The lowest BCUT2D eigenvalue weighted by molar-refractivity contribution is -0.159.